The lowest BCUT2D eigenvalue weighted by atomic mass is 10.2. The first-order valence-corrected chi connectivity index (χ1v) is 8.05. The molecule has 1 aromatic rings. The van der Waals surface area contributed by atoms with Crippen molar-refractivity contribution in [1.82, 2.24) is 5.32 Å². The molecule has 0 radical (unpaired) electrons. The fourth-order valence-electron chi connectivity index (χ4n) is 1.69. The second-order valence-corrected chi connectivity index (χ2v) is 6.12. The number of nitrogens with one attached hydrogen (secondary N) is 1. The van der Waals surface area contributed by atoms with E-state index in [1.807, 2.05) is 37.3 Å². The number of hydrogen-bond donors (Lipinski definition) is 2. The lowest BCUT2D eigenvalue weighted by molar-refractivity contribution is 0.179. The Morgan fingerprint density at radius 2 is 2.10 bits per heavy atom. The third-order valence-corrected chi connectivity index (χ3v) is 3.88. The summed E-state index contributed by atoms with van der Waals surface area (Å²) in [7, 11) is 0.719. The monoisotopic (exact) mass is 425 g/mol. The van der Waals surface area contributed by atoms with Gasteiger partial charge in [0.05, 0.1) is 13.2 Å². The minimum atomic E-state index is -0.919. The number of ether oxygens (including phenoxy) is 1. The van der Waals surface area contributed by atoms with Gasteiger partial charge in [-0.15, -0.1) is 24.0 Å². The van der Waals surface area contributed by atoms with Gasteiger partial charge in [0, 0.05) is 35.5 Å². The second-order valence-electron chi connectivity index (χ2n) is 4.54. The number of guanidine groups is 1. The maximum Gasteiger partial charge on any atom is 0.188 e. The zero-order valence-corrected chi connectivity index (χ0v) is 15.6. The summed E-state index contributed by atoms with van der Waals surface area (Å²) in [6.45, 7) is 2.98. The fraction of sp³-hybridized carbons (Fsp3) is 0.500. The highest BCUT2D eigenvalue weighted by molar-refractivity contribution is 14.0. The smallest absolute Gasteiger partial charge is 0.188 e. The van der Waals surface area contributed by atoms with Gasteiger partial charge in [-0.1, -0.05) is 30.3 Å². The number of methoxy groups -OCH3 is 1. The fourth-order valence-corrected chi connectivity index (χ4v) is 2.69. The van der Waals surface area contributed by atoms with Gasteiger partial charge in [0.25, 0.3) is 0 Å². The van der Waals surface area contributed by atoms with Crippen LogP contribution in [0.15, 0.2) is 35.3 Å². The lowest BCUT2D eigenvalue weighted by Crippen LogP contribution is -2.40. The Kier molecular flexibility index (Phi) is 11.6. The molecule has 0 spiro atoms. The quantitative estimate of drug-likeness (QED) is 0.376. The molecule has 120 valence electrons. The summed E-state index contributed by atoms with van der Waals surface area (Å²) >= 11 is 0. The zero-order valence-electron chi connectivity index (χ0n) is 12.5. The highest BCUT2D eigenvalue weighted by Gasteiger charge is 2.03. The minimum Gasteiger partial charge on any atom is -0.383 e. The summed E-state index contributed by atoms with van der Waals surface area (Å²) in [4.78, 5) is 4.16. The molecular weight excluding hydrogens is 401 g/mol. The van der Waals surface area contributed by atoms with Gasteiger partial charge in [-0.3, -0.25) is 9.20 Å². The Bertz CT molecular complexity index is 443. The van der Waals surface area contributed by atoms with Gasteiger partial charge >= 0.3 is 0 Å². The SMILES string of the molecule is COCC(C)NC(N)=NCCS(=O)Cc1ccccc1.I. The van der Waals surface area contributed by atoms with E-state index in [0.29, 0.717) is 30.6 Å². The van der Waals surface area contributed by atoms with Crippen molar-refractivity contribution in [3.05, 3.63) is 35.9 Å². The van der Waals surface area contributed by atoms with E-state index in [1.165, 1.54) is 0 Å². The molecule has 3 N–H and O–H groups in total. The molecule has 0 aliphatic heterocycles. The standard InChI is InChI=1S/C14H23N3O2S.HI/c1-12(10-19-2)17-14(15)16-8-9-20(18)11-13-6-4-3-5-7-13;/h3-7,12H,8-11H2,1-2H3,(H3,15,16,17);1H. The number of aliphatic imine (C=N–C) groups is 1. The van der Waals surface area contributed by atoms with Crippen LogP contribution in [0, 0.1) is 0 Å². The summed E-state index contributed by atoms with van der Waals surface area (Å²) in [5.74, 6) is 1.44. The molecule has 1 aromatic carbocycles. The molecule has 0 saturated carbocycles. The Morgan fingerprint density at radius 3 is 2.71 bits per heavy atom. The Morgan fingerprint density at radius 1 is 1.43 bits per heavy atom. The molecule has 0 aliphatic rings. The van der Waals surface area contributed by atoms with Gasteiger partial charge in [0.2, 0.25) is 0 Å². The molecule has 0 aliphatic carbocycles. The van der Waals surface area contributed by atoms with E-state index in [2.05, 4.69) is 10.3 Å². The molecule has 5 nitrogen and oxygen atoms in total. The van der Waals surface area contributed by atoms with Crippen molar-refractivity contribution in [3.8, 4) is 0 Å². The molecule has 2 atom stereocenters. The van der Waals surface area contributed by atoms with E-state index >= 15 is 0 Å². The van der Waals surface area contributed by atoms with E-state index < -0.39 is 10.8 Å². The van der Waals surface area contributed by atoms with Crippen LogP contribution >= 0.6 is 24.0 Å². The lowest BCUT2D eigenvalue weighted by Gasteiger charge is -2.12. The van der Waals surface area contributed by atoms with Crippen molar-refractivity contribution in [2.45, 2.75) is 18.7 Å². The van der Waals surface area contributed by atoms with Crippen LogP contribution in [0.4, 0.5) is 0 Å². The molecule has 7 heteroatoms. The van der Waals surface area contributed by atoms with Crippen molar-refractivity contribution in [3.63, 3.8) is 0 Å². The molecule has 0 fully saturated rings. The van der Waals surface area contributed by atoms with E-state index in [4.69, 9.17) is 10.5 Å². The minimum absolute atomic E-state index is 0. The average molecular weight is 425 g/mol. The Hall–Kier alpha value is -0.670. The van der Waals surface area contributed by atoms with Crippen LogP contribution in [0.1, 0.15) is 12.5 Å². The van der Waals surface area contributed by atoms with Crippen LogP contribution in [-0.2, 0) is 21.3 Å². The maximum atomic E-state index is 11.9. The molecule has 2 unspecified atom stereocenters. The number of hydrogen-bond acceptors (Lipinski definition) is 3. The van der Waals surface area contributed by atoms with E-state index in [0.717, 1.165) is 5.56 Å². The molecule has 21 heavy (non-hydrogen) atoms. The maximum absolute atomic E-state index is 11.9. The van der Waals surface area contributed by atoms with Gasteiger partial charge in [-0.2, -0.15) is 0 Å². The summed E-state index contributed by atoms with van der Waals surface area (Å²) < 4.78 is 16.9. The molecule has 0 amide bonds. The van der Waals surface area contributed by atoms with Gasteiger partial charge in [-0.05, 0) is 12.5 Å². The third kappa shape index (κ3) is 9.81. The number of halogens is 1. The summed E-state index contributed by atoms with van der Waals surface area (Å²) in [5.41, 5.74) is 6.81. The van der Waals surface area contributed by atoms with Crippen molar-refractivity contribution in [1.29, 1.82) is 0 Å². The highest BCUT2D eigenvalue weighted by atomic mass is 127. The first-order valence-electron chi connectivity index (χ1n) is 6.56. The van der Waals surface area contributed by atoms with Gasteiger partial charge in [0.15, 0.2) is 5.96 Å². The van der Waals surface area contributed by atoms with E-state index in [-0.39, 0.29) is 30.0 Å². The van der Waals surface area contributed by atoms with Gasteiger partial charge in [0.1, 0.15) is 0 Å². The third-order valence-electron chi connectivity index (χ3n) is 2.58. The summed E-state index contributed by atoms with van der Waals surface area (Å²) in [6.07, 6.45) is 0. The van der Waals surface area contributed by atoms with E-state index in [9.17, 15) is 4.21 Å². The van der Waals surface area contributed by atoms with Crippen LogP contribution in [0.5, 0.6) is 0 Å². The van der Waals surface area contributed by atoms with Crippen LogP contribution in [0.3, 0.4) is 0 Å². The average Bonchev–Trinajstić information content (AvgIpc) is 2.39. The van der Waals surface area contributed by atoms with Crippen molar-refractivity contribution >= 4 is 40.7 Å². The van der Waals surface area contributed by atoms with Crippen LogP contribution in [0.2, 0.25) is 0 Å². The number of nitrogens with two attached hydrogens (primary N) is 1. The van der Waals surface area contributed by atoms with Crippen molar-refractivity contribution < 1.29 is 8.95 Å². The normalized spacial score (nSPS) is 14.1. The Labute approximate surface area is 146 Å². The molecular formula is C14H24IN3O2S. The zero-order chi connectivity index (χ0) is 14.8. The summed E-state index contributed by atoms with van der Waals surface area (Å²) in [6, 6.07) is 9.91. The van der Waals surface area contributed by atoms with E-state index in [1.54, 1.807) is 7.11 Å². The van der Waals surface area contributed by atoms with Crippen molar-refractivity contribution in [2.75, 3.05) is 26.0 Å². The molecule has 0 heterocycles. The number of benzene rings is 1. The van der Waals surface area contributed by atoms with Gasteiger partial charge in [-0.25, -0.2) is 0 Å². The van der Waals surface area contributed by atoms with Gasteiger partial charge < -0.3 is 15.8 Å². The first-order chi connectivity index (χ1) is 9.61. The first kappa shape index (κ1) is 20.3. The number of rotatable bonds is 8. The topological polar surface area (TPSA) is 76.7 Å². The second kappa shape index (κ2) is 11.9. The molecule has 0 aromatic heterocycles. The predicted octanol–water partition coefficient (Wildman–Crippen LogP) is 1.49. The largest absolute Gasteiger partial charge is 0.383 e. The van der Waals surface area contributed by atoms with Crippen molar-refractivity contribution in [2.24, 2.45) is 10.7 Å². The molecule has 0 bridgehead atoms. The summed E-state index contributed by atoms with van der Waals surface area (Å²) in [5, 5.41) is 3.01. The Balaban J connectivity index is 0.00000400. The van der Waals surface area contributed by atoms with Crippen LogP contribution in [-0.4, -0.2) is 42.2 Å². The van der Waals surface area contributed by atoms with Crippen LogP contribution in [0.25, 0.3) is 0 Å². The molecule has 0 saturated heterocycles. The highest BCUT2D eigenvalue weighted by Crippen LogP contribution is 2.02. The predicted molar refractivity (Wildman–Crippen MR) is 99.5 cm³/mol. The number of nitrogens with zero attached hydrogens (tertiary/aromatic N) is 1. The van der Waals surface area contributed by atoms with Crippen LogP contribution < -0.4 is 11.1 Å². The molecule has 1 rings (SSSR count).